The minimum absolute atomic E-state index is 0.135. The topological polar surface area (TPSA) is 59.8 Å². The van der Waals surface area contributed by atoms with Crippen LogP contribution in [0.15, 0.2) is 52.1 Å². The average Bonchev–Trinajstić information content (AvgIpc) is 3.50. The minimum Gasteiger partial charge on any atom is -0.259 e. The van der Waals surface area contributed by atoms with Gasteiger partial charge in [0, 0.05) is 21.8 Å². The van der Waals surface area contributed by atoms with E-state index in [0.29, 0.717) is 15.7 Å². The number of hydrogen-bond acceptors (Lipinski definition) is 3. The Labute approximate surface area is 205 Å². The van der Waals surface area contributed by atoms with Gasteiger partial charge < -0.3 is 0 Å². The molecule has 1 saturated carbocycles. The predicted molar refractivity (Wildman–Crippen MR) is 125 cm³/mol. The molecule has 11 heteroatoms. The van der Waals surface area contributed by atoms with Crippen molar-refractivity contribution in [1.29, 1.82) is 0 Å². The molecule has 0 aliphatic heterocycles. The van der Waals surface area contributed by atoms with Gasteiger partial charge in [-0.05, 0) is 69.9 Å². The highest BCUT2D eigenvalue weighted by atomic mass is 79.9. The van der Waals surface area contributed by atoms with Crippen LogP contribution in [-0.2, 0) is 22.7 Å². The monoisotopic (exact) mass is 558 g/mol. The maximum Gasteiger partial charge on any atom is 0.433 e. The van der Waals surface area contributed by atoms with Crippen LogP contribution < -0.4 is 4.72 Å². The second kappa shape index (κ2) is 9.16. The third-order valence-corrected chi connectivity index (χ3v) is 7.35. The first-order valence-electron chi connectivity index (χ1n) is 10.6. The zero-order valence-corrected chi connectivity index (χ0v) is 21.1. The van der Waals surface area contributed by atoms with E-state index < -0.39 is 40.3 Å². The van der Waals surface area contributed by atoms with Crippen molar-refractivity contribution >= 4 is 26.9 Å². The lowest BCUT2D eigenvalue weighted by atomic mass is 9.98. The fraction of sp³-hybridized carbons (Fsp3) is 0.391. The maximum absolute atomic E-state index is 14.2. The molecule has 1 N–H and O–H groups in total. The van der Waals surface area contributed by atoms with Crippen molar-refractivity contribution in [1.82, 2.24) is 19.5 Å². The zero-order valence-electron chi connectivity index (χ0n) is 18.7. The fourth-order valence-electron chi connectivity index (χ4n) is 3.73. The summed E-state index contributed by atoms with van der Waals surface area (Å²) < 4.78 is 71.4. The number of hydrogen-bond donors (Lipinski definition) is 1. The van der Waals surface area contributed by atoms with E-state index in [1.54, 1.807) is 12.3 Å². The molecule has 0 amide bonds. The van der Waals surface area contributed by atoms with E-state index in [9.17, 15) is 21.8 Å². The molecule has 0 radical (unpaired) electrons. The summed E-state index contributed by atoms with van der Waals surface area (Å²) in [5, 5.41) is 4.58. The third kappa shape index (κ3) is 5.26. The molecular weight excluding hydrogens is 536 g/mol. The predicted octanol–water partition coefficient (Wildman–Crippen LogP) is 6.38. The molecular formula is C23H23BrF4N4OS. The van der Waals surface area contributed by atoms with Crippen molar-refractivity contribution in [3.05, 3.63) is 64.3 Å². The van der Waals surface area contributed by atoms with Gasteiger partial charge in [-0.25, -0.2) is 13.3 Å². The summed E-state index contributed by atoms with van der Waals surface area (Å²) in [5.74, 6) is -0.240. The maximum atomic E-state index is 14.2. The molecule has 1 fully saturated rings. The molecule has 1 aliphatic rings. The third-order valence-electron chi connectivity index (χ3n) is 5.52. The van der Waals surface area contributed by atoms with Gasteiger partial charge in [-0.3, -0.25) is 9.67 Å². The molecule has 2 atom stereocenters. The van der Waals surface area contributed by atoms with E-state index in [1.807, 2.05) is 25.5 Å². The summed E-state index contributed by atoms with van der Waals surface area (Å²) in [4.78, 5) is 3.55. The lowest BCUT2D eigenvalue weighted by Crippen LogP contribution is -2.27. The van der Waals surface area contributed by atoms with Gasteiger partial charge in [-0.2, -0.15) is 18.3 Å². The molecule has 2 heterocycles. The summed E-state index contributed by atoms with van der Waals surface area (Å²) in [6.45, 7) is 5.93. The molecule has 34 heavy (non-hydrogen) atoms. The molecule has 2 aromatic heterocycles. The highest BCUT2D eigenvalue weighted by Gasteiger charge is 2.38. The summed E-state index contributed by atoms with van der Waals surface area (Å²) in [6, 6.07) is 5.98. The van der Waals surface area contributed by atoms with Crippen LogP contribution in [0.1, 0.15) is 50.9 Å². The van der Waals surface area contributed by atoms with Crippen molar-refractivity contribution in [2.45, 2.75) is 56.3 Å². The Hall–Kier alpha value is -2.11. The molecule has 0 bridgehead atoms. The van der Waals surface area contributed by atoms with E-state index in [2.05, 4.69) is 30.7 Å². The fourth-order valence-corrected chi connectivity index (χ4v) is 5.19. The first-order valence-corrected chi connectivity index (χ1v) is 12.6. The Morgan fingerprint density at radius 2 is 1.85 bits per heavy atom. The summed E-state index contributed by atoms with van der Waals surface area (Å²) in [6.07, 6.45) is -0.122. The number of halogens is 5. The lowest BCUT2D eigenvalue weighted by Gasteiger charge is -2.25. The Balaban J connectivity index is 1.74. The highest BCUT2D eigenvalue weighted by Crippen LogP contribution is 2.46. The highest BCUT2D eigenvalue weighted by molar-refractivity contribution is 9.10. The van der Waals surface area contributed by atoms with Crippen LogP contribution in [0.2, 0.25) is 0 Å². The van der Waals surface area contributed by atoms with E-state index in [-0.39, 0.29) is 10.8 Å². The summed E-state index contributed by atoms with van der Waals surface area (Å²) in [7, 11) is -1.82. The average molecular weight is 559 g/mol. The Morgan fingerprint density at radius 3 is 2.41 bits per heavy atom. The van der Waals surface area contributed by atoms with Gasteiger partial charge in [0.2, 0.25) is 0 Å². The smallest absolute Gasteiger partial charge is 0.259 e. The molecule has 182 valence electrons. The van der Waals surface area contributed by atoms with Crippen molar-refractivity contribution in [3.63, 3.8) is 0 Å². The van der Waals surface area contributed by atoms with E-state index >= 15 is 0 Å². The molecule has 0 spiro atoms. The van der Waals surface area contributed by atoms with Crippen molar-refractivity contribution in [2.75, 3.05) is 0 Å². The Bertz CT molecular complexity index is 1220. The van der Waals surface area contributed by atoms with Gasteiger partial charge in [0.15, 0.2) is 0 Å². The molecule has 4 rings (SSSR count). The molecule has 3 aromatic rings. The van der Waals surface area contributed by atoms with Gasteiger partial charge in [0.05, 0.1) is 28.4 Å². The largest absolute Gasteiger partial charge is 0.433 e. The van der Waals surface area contributed by atoms with Crippen molar-refractivity contribution in [2.24, 2.45) is 5.92 Å². The first-order chi connectivity index (χ1) is 15.9. The van der Waals surface area contributed by atoms with Crippen molar-refractivity contribution in [3.8, 4) is 11.3 Å². The second-order valence-electron chi connectivity index (χ2n) is 9.23. The number of benzene rings is 1. The van der Waals surface area contributed by atoms with Crippen LogP contribution >= 0.6 is 15.9 Å². The van der Waals surface area contributed by atoms with Crippen LogP contribution in [0.4, 0.5) is 17.6 Å². The number of nitrogens with one attached hydrogen (secondary N) is 1. The van der Waals surface area contributed by atoms with Gasteiger partial charge in [0.1, 0.15) is 22.5 Å². The molecule has 0 saturated heterocycles. The SMILES string of the molecule is CC(C)(C)n1ncc([C@H](NS(=O)c2ccc(C(F)(F)F)nc2)C2CC2)c1-c1cc(F)ccc1Br. The van der Waals surface area contributed by atoms with Crippen LogP contribution in [0.5, 0.6) is 0 Å². The van der Waals surface area contributed by atoms with Crippen LogP contribution in [0.25, 0.3) is 11.3 Å². The van der Waals surface area contributed by atoms with Gasteiger partial charge in [-0.15, -0.1) is 0 Å². The minimum atomic E-state index is -4.57. The molecule has 5 nitrogen and oxygen atoms in total. The van der Waals surface area contributed by atoms with Crippen molar-refractivity contribution < 1.29 is 21.8 Å². The van der Waals surface area contributed by atoms with Gasteiger partial charge in [-0.1, -0.05) is 15.9 Å². The number of rotatable bonds is 6. The molecule has 1 aromatic carbocycles. The van der Waals surface area contributed by atoms with Gasteiger partial charge in [0.25, 0.3) is 0 Å². The Morgan fingerprint density at radius 1 is 1.15 bits per heavy atom. The van der Waals surface area contributed by atoms with E-state index in [4.69, 9.17) is 0 Å². The number of pyridine rings is 1. The molecule has 1 unspecified atom stereocenters. The van der Waals surface area contributed by atoms with E-state index in [1.165, 1.54) is 12.1 Å². The normalized spacial score (nSPS) is 16.5. The number of nitrogens with zero attached hydrogens (tertiary/aromatic N) is 3. The number of aromatic nitrogens is 3. The van der Waals surface area contributed by atoms with E-state index in [0.717, 1.165) is 36.7 Å². The zero-order chi connectivity index (χ0) is 24.8. The Kier molecular flexibility index (Phi) is 6.73. The summed E-state index contributed by atoms with van der Waals surface area (Å²) >= 11 is 3.51. The van der Waals surface area contributed by atoms with Crippen LogP contribution in [0.3, 0.4) is 0 Å². The summed E-state index contributed by atoms with van der Waals surface area (Å²) in [5.41, 5.74) is 0.570. The first kappa shape index (κ1) is 25.0. The van der Waals surface area contributed by atoms with Crippen LogP contribution in [0, 0.1) is 11.7 Å². The molecule has 1 aliphatic carbocycles. The second-order valence-corrected chi connectivity index (χ2v) is 11.3. The number of alkyl halides is 3. The standard InChI is InChI=1S/C23H23BrF4N4OS/c1-22(2,3)32-21(16-10-14(25)6-8-18(16)24)17(12-30-32)20(13-4-5-13)31-34(33)15-7-9-19(29-11-15)23(26,27)28/h6-13,20,31H,4-5H2,1-3H3/t20-,34?/m1/s1. The van der Waals surface area contributed by atoms with Crippen LogP contribution in [-0.4, -0.2) is 19.0 Å². The lowest BCUT2D eigenvalue weighted by molar-refractivity contribution is -0.141. The quantitative estimate of drug-likeness (QED) is 0.357. The van der Waals surface area contributed by atoms with Gasteiger partial charge >= 0.3 is 6.18 Å².